The van der Waals surface area contributed by atoms with E-state index < -0.39 is 10.0 Å². The largest absolute Gasteiger partial charge is 0.507 e. The van der Waals surface area contributed by atoms with Crippen LogP contribution in [0.1, 0.15) is 0 Å². The van der Waals surface area contributed by atoms with E-state index in [1.165, 1.54) is 20.2 Å². The number of hydrogen-bond donors (Lipinski definition) is 1. The van der Waals surface area contributed by atoms with Crippen molar-refractivity contribution in [2.45, 2.75) is 4.90 Å². The second kappa shape index (κ2) is 4.01. The third-order valence-corrected chi connectivity index (χ3v) is 4.38. The number of benzene rings is 2. The first-order chi connectivity index (χ1) is 7.93. The predicted octanol–water partition coefficient (Wildman–Crippen LogP) is 1.80. The molecule has 0 fully saturated rings. The van der Waals surface area contributed by atoms with Crippen molar-refractivity contribution in [1.29, 1.82) is 0 Å². The van der Waals surface area contributed by atoms with Crippen LogP contribution in [0, 0.1) is 0 Å². The summed E-state index contributed by atoms with van der Waals surface area (Å²) in [5, 5.41) is 11.2. The van der Waals surface area contributed by atoms with Crippen molar-refractivity contribution in [3.8, 4) is 5.75 Å². The number of aromatic hydroxyl groups is 1. The molecule has 0 unspecified atom stereocenters. The van der Waals surface area contributed by atoms with Crippen LogP contribution in [0.2, 0.25) is 0 Å². The molecule has 2 rings (SSSR count). The van der Waals surface area contributed by atoms with Crippen molar-refractivity contribution in [2.75, 3.05) is 14.1 Å². The van der Waals surface area contributed by atoms with Gasteiger partial charge in [-0.3, -0.25) is 0 Å². The third-order valence-electron chi connectivity index (χ3n) is 2.59. The summed E-state index contributed by atoms with van der Waals surface area (Å²) in [7, 11) is -0.598. The van der Waals surface area contributed by atoms with Gasteiger partial charge in [-0.15, -0.1) is 0 Å². The van der Waals surface area contributed by atoms with Gasteiger partial charge in [0.25, 0.3) is 0 Å². The van der Waals surface area contributed by atoms with Gasteiger partial charge in [-0.25, -0.2) is 12.7 Å². The average Bonchev–Trinajstić information content (AvgIpc) is 2.28. The van der Waals surface area contributed by atoms with Crippen LogP contribution in [-0.4, -0.2) is 31.9 Å². The molecular weight excluding hydrogens is 238 g/mol. The lowest BCUT2D eigenvalue weighted by molar-refractivity contribution is 0.478. The molecule has 1 N–H and O–H groups in total. The summed E-state index contributed by atoms with van der Waals surface area (Å²) < 4.78 is 25.0. The highest BCUT2D eigenvalue weighted by Crippen LogP contribution is 2.29. The molecule has 0 heterocycles. The summed E-state index contributed by atoms with van der Waals surface area (Å²) in [6, 6.07) is 9.94. The fourth-order valence-electron chi connectivity index (χ4n) is 1.62. The molecule has 0 aromatic heterocycles. The molecule has 0 atom stereocenters. The molecule has 0 aliphatic rings. The van der Waals surface area contributed by atoms with Gasteiger partial charge in [0.2, 0.25) is 10.0 Å². The molecule has 0 aliphatic heterocycles. The minimum absolute atomic E-state index is 0.0245. The van der Waals surface area contributed by atoms with Crippen LogP contribution in [0.5, 0.6) is 5.75 Å². The second-order valence-corrected chi connectivity index (χ2v) is 6.10. The van der Waals surface area contributed by atoms with Crippen LogP contribution in [0.25, 0.3) is 10.8 Å². The van der Waals surface area contributed by atoms with Crippen LogP contribution < -0.4 is 0 Å². The molecule has 0 amide bonds. The normalized spacial score (nSPS) is 12.2. The highest BCUT2D eigenvalue weighted by atomic mass is 32.2. The molecule has 0 aliphatic carbocycles. The van der Waals surface area contributed by atoms with Gasteiger partial charge in [-0.1, -0.05) is 24.3 Å². The van der Waals surface area contributed by atoms with E-state index in [9.17, 15) is 13.5 Å². The Morgan fingerprint density at radius 3 is 2.41 bits per heavy atom. The topological polar surface area (TPSA) is 57.6 Å². The zero-order chi connectivity index (χ0) is 12.6. The predicted molar refractivity (Wildman–Crippen MR) is 66.5 cm³/mol. The first-order valence-corrected chi connectivity index (χ1v) is 6.51. The van der Waals surface area contributed by atoms with E-state index in [0.29, 0.717) is 10.8 Å². The molecule has 5 heteroatoms. The van der Waals surface area contributed by atoms with E-state index in [-0.39, 0.29) is 10.6 Å². The Kier molecular flexibility index (Phi) is 2.81. The molecule has 90 valence electrons. The van der Waals surface area contributed by atoms with Crippen LogP contribution >= 0.6 is 0 Å². The Morgan fingerprint density at radius 1 is 1.12 bits per heavy atom. The first-order valence-electron chi connectivity index (χ1n) is 5.07. The maximum atomic E-state index is 11.9. The van der Waals surface area contributed by atoms with Crippen molar-refractivity contribution in [3.63, 3.8) is 0 Å². The number of sulfonamides is 1. The van der Waals surface area contributed by atoms with Crippen molar-refractivity contribution in [2.24, 2.45) is 0 Å². The van der Waals surface area contributed by atoms with Crippen molar-refractivity contribution < 1.29 is 13.5 Å². The third kappa shape index (κ3) is 1.99. The highest BCUT2D eigenvalue weighted by Gasteiger charge is 2.18. The van der Waals surface area contributed by atoms with Gasteiger partial charge in [0.05, 0.1) is 4.90 Å². The summed E-state index contributed by atoms with van der Waals surface area (Å²) in [5.74, 6) is -0.0245. The van der Waals surface area contributed by atoms with Crippen molar-refractivity contribution in [1.82, 2.24) is 4.31 Å². The standard InChI is InChI=1S/C12H13NO3S/c1-13(2)17(15,16)10-7-9-5-3-4-6-11(9)12(14)8-10/h3-8,14H,1-2H3. The summed E-state index contributed by atoms with van der Waals surface area (Å²) in [4.78, 5) is 0.0960. The number of rotatable bonds is 2. The molecule has 17 heavy (non-hydrogen) atoms. The van der Waals surface area contributed by atoms with Gasteiger partial charge in [-0.05, 0) is 11.5 Å². The fourth-order valence-corrected chi connectivity index (χ4v) is 2.58. The number of nitrogens with zero attached hydrogens (tertiary/aromatic N) is 1. The molecule has 0 saturated heterocycles. The van der Waals surface area contributed by atoms with Crippen LogP contribution in [0.4, 0.5) is 0 Å². The van der Waals surface area contributed by atoms with E-state index in [1.54, 1.807) is 30.3 Å². The molecule has 0 saturated carbocycles. The number of phenolic OH excluding ortho intramolecular Hbond substituents is 1. The van der Waals surface area contributed by atoms with Crippen LogP contribution in [0.15, 0.2) is 41.3 Å². The molecule has 4 nitrogen and oxygen atoms in total. The van der Waals surface area contributed by atoms with Gasteiger partial charge in [-0.2, -0.15) is 0 Å². The summed E-state index contributed by atoms with van der Waals surface area (Å²) in [6.45, 7) is 0. The first kappa shape index (κ1) is 11.9. The van der Waals surface area contributed by atoms with E-state index in [4.69, 9.17) is 0 Å². The van der Waals surface area contributed by atoms with E-state index in [1.807, 2.05) is 0 Å². The van der Waals surface area contributed by atoms with Gasteiger partial charge >= 0.3 is 0 Å². The Labute approximate surface area is 100 Å². The lowest BCUT2D eigenvalue weighted by atomic mass is 10.1. The number of hydrogen-bond acceptors (Lipinski definition) is 3. The van der Waals surface area contributed by atoms with Crippen LogP contribution in [-0.2, 0) is 10.0 Å². The Hall–Kier alpha value is -1.59. The maximum absolute atomic E-state index is 11.9. The SMILES string of the molecule is CN(C)S(=O)(=O)c1cc(O)c2ccccc2c1. The van der Waals surface area contributed by atoms with Gasteiger partial charge in [0, 0.05) is 25.5 Å². The zero-order valence-corrected chi connectivity index (χ0v) is 10.4. The summed E-state index contributed by atoms with van der Waals surface area (Å²) in [6.07, 6.45) is 0. The molecule has 2 aromatic carbocycles. The summed E-state index contributed by atoms with van der Waals surface area (Å²) >= 11 is 0. The van der Waals surface area contributed by atoms with E-state index in [0.717, 1.165) is 4.31 Å². The molecule has 0 radical (unpaired) electrons. The number of fused-ring (bicyclic) bond motifs is 1. The fraction of sp³-hybridized carbons (Fsp3) is 0.167. The molecular formula is C12H13NO3S. The van der Waals surface area contributed by atoms with E-state index in [2.05, 4.69) is 0 Å². The average molecular weight is 251 g/mol. The Morgan fingerprint density at radius 2 is 1.76 bits per heavy atom. The monoisotopic (exact) mass is 251 g/mol. The smallest absolute Gasteiger partial charge is 0.242 e. The van der Waals surface area contributed by atoms with Gasteiger partial charge < -0.3 is 5.11 Å². The molecule has 0 spiro atoms. The Bertz CT molecular complexity index is 663. The second-order valence-electron chi connectivity index (χ2n) is 3.95. The molecule has 2 aromatic rings. The lowest BCUT2D eigenvalue weighted by Crippen LogP contribution is -2.22. The zero-order valence-electron chi connectivity index (χ0n) is 9.58. The minimum atomic E-state index is -3.52. The summed E-state index contributed by atoms with van der Waals surface area (Å²) in [5.41, 5.74) is 0. The van der Waals surface area contributed by atoms with Gasteiger partial charge in [0.1, 0.15) is 5.75 Å². The minimum Gasteiger partial charge on any atom is -0.507 e. The van der Waals surface area contributed by atoms with Crippen molar-refractivity contribution >= 4 is 20.8 Å². The highest BCUT2D eigenvalue weighted by molar-refractivity contribution is 7.89. The van der Waals surface area contributed by atoms with Crippen molar-refractivity contribution in [3.05, 3.63) is 36.4 Å². The number of phenols is 1. The molecule has 0 bridgehead atoms. The van der Waals surface area contributed by atoms with Crippen LogP contribution in [0.3, 0.4) is 0 Å². The lowest BCUT2D eigenvalue weighted by Gasteiger charge is -2.12. The Balaban J connectivity index is 2.75. The quantitative estimate of drug-likeness (QED) is 0.885. The maximum Gasteiger partial charge on any atom is 0.242 e. The van der Waals surface area contributed by atoms with Gasteiger partial charge in [0.15, 0.2) is 0 Å². The van der Waals surface area contributed by atoms with E-state index >= 15 is 0 Å².